The second-order valence-corrected chi connectivity index (χ2v) is 7.47. The van der Waals surface area contributed by atoms with Crippen molar-refractivity contribution < 1.29 is 28.7 Å². The fraction of sp³-hybridized carbons (Fsp3) is 0.545. The Balaban J connectivity index is 0.000000465. The zero-order chi connectivity index (χ0) is 25.0. The standard InChI is InChI=1S/C9H14N2O2.C8H12N2O.C5H8O3/c1-6(2)11-7(3)8(5-10-11)9(12)13-4;1-6(2)10-7(3)8(5-11)4-9-10;1-4(6)3-5(7)8-2/h5-6H,1-4H3;4-6H,1-3H3;3H2,1-2H3. The van der Waals surface area contributed by atoms with E-state index >= 15 is 0 Å². The largest absolute Gasteiger partial charge is 0.469 e. The van der Waals surface area contributed by atoms with Crippen molar-refractivity contribution in [2.75, 3.05) is 14.2 Å². The molecule has 10 nitrogen and oxygen atoms in total. The summed E-state index contributed by atoms with van der Waals surface area (Å²) in [7, 11) is 2.62. The normalized spacial score (nSPS) is 9.97. The molecule has 2 aromatic heterocycles. The van der Waals surface area contributed by atoms with E-state index in [0.29, 0.717) is 17.2 Å². The molecule has 0 amide bonds. The predicted octanol–water partition coefficient (Wildman–Crippen LogP) is 3.28. The number of carbonyl (C=O) groups excluding carboxylic acids is 4. The van der Waals surface area contributed by atoms with Gasteiger partial charge in [-0.3, -0.25) is 23.7 Å². The summed E-state index contributed by atoms with van der Waals surface area (Å²) in [5.74, 6) is -0.973. The SMILES string of the molecule is COC(=O)CC(C)=O.COC(=O)c1cnn(C(C)C)c1C.Cc1c(C=O)cnn1C(C)C. The van der Waals surface area contributed by atoms with Gasteiger partial charge in [0, 0.05) is 17.8 Å². The number of aldehydes is 1. The molecule has 0 saturated heterocycles. The zero-order valence-electron chi connectivity index (χ0n) is 20.3. The third-order valence-corrected chi connectivity index (χ3v) is 4.26. The van der Waals surface area contributed by atoms with E-state index in [1.165, 1.54) is 21.1 Å². The highest BCUT2D eigenvalue weighted by molar-refractivity contribution is 5.94. The third-order valence-electron chi connectivity index (χ3n) is 4.26. The van der Waals surface area contributed by atoms with Gasteiger partial charge >= 0.3 is 11.9 Å². The number of rotatable bonds is 6. The maximum Gasteiger partial charge on any atom is 0.341 e. The first kappa shape index (κ1) is 28.7. The topological polar surface area (TPSA) is 122 Å². The number of hydrogen-bond donors (Lipinski definition) is 0. The van der Waals surface area contributed by atoms with Gasteiger partial charge in [-0.05, 0) is 48.5 Å². The van der Waals surface area contributed by atoms with Crippen LogP contribution in [0.1, 0.15) is 85.2 Å². The summed E-state index contributed by atoms with van der Waals surface area (Å²) in [5.41, 5.74) is 3.01. The average Bonchev–Trinajstić information content (AvgIpc) is 3.30. The summed E-state index contributed by atoms with van der Waals surface area (Å²) in [6.07, 6.45) is 3.86. The van der Waals surface area contributed by atoms with Crippen molar-refractivity contribution in [1.82, 2.24) is 19.6 Å². The van der Waals surface area contributed by atoms with Gasteiger partial charge in [-0.2, -0.15) is 10.2 Å². The van der Waals surface area contributed by atoms with Gasteiger partial charge in [0.1, 0.15) is 17.8 Å². The highest BCUT2D eigenvalue weighted by Crippen LogP contribution is 2.13. The summed E-state index contributed by atoms with van der Waals surface area (Å²) in [5, 5.41) is 8.17. The molecule has 0 fully saturated rings. The average molecular weight is 451 g/mol. The van der Waals surface area contributed by atoms with Crippen molar-refractivity contribution in [1.29, 1.82) is 0 Å². The Kier molecular flexibility index (Phi) is 12.5. The minimum Gasteiger partial charge on any atom is -0.469 e. The van der Waals surface area contributed by atoms with Gasteiger partial charge in [-0.25, -0.2) is 4.79 Å². The van der Waals surface area contributed by atoms with E-state index in [4.69, 9.17) is 0 Å². The summed E-state index contributed by atoms with van der Waals surface area (Å²) in [6, 6.07) is 0.585. The van der Waals surface area contributed by atoms with E-state index in [1.807, 2.05) is 46.2 Å². The van der Waals surface area contributed by atoms with Crippen molar-refractivity contribution in [2.45, 2.75) is 67.0 Å². The number of carbonyl (C=O) groups is 4. The number of aromatic nitrogens is 4. The number of ether oxygens (including phenoxy) is 2. The Bertz CT molecular complexity index is 912. The molecule has 0 atom stereocenters. The van der Waals surface area contributed by atoms with Gasteiger partial charge in [0.2, 0.25) is 0 Å². The highest BCUT2D eigenvalue weighted by atomic mass is 16.5. The monoisotopic (exact) mass is 450 g/mol. The minimum atomic E-state index is -0.475. The van der Waals surface area contributed by atoms with Gasteiger partial charge < -0.3 is 9.47 Å². The van der Waals surface area contributed by atoms with Gasteiger partial charge in [-0.15, -0.1) is 0 Å². The molecule has 2 aromatic rings. The Hall–Kier alpha value is -3.30. The first-order valence-electron chi connectivity index (χ1n) is 10.1. The zero-order valence-corrected chi connectivity index (χ0v) is 20.3. The summed E-state index contributed by atoms with van der Waals surface area (Å²) in [4.78, 5) is 41.9. The fourth-order valence-corrected chi connectivity index (χ4v) is 2.60. The van der Waals surface area contributed by atoms with Gasteiger partial charge in [0.05, 0.1) is 37.9 Å². The molecule has 10 heteroatoms. The Labute approximate surface area is 188 Å². The molecule has 178 valence electrons. The van der Waals surface area contributed by atoms with E-state index < -0.39 is 5.97 Å². The highest BCUT2D eigenvalue weighted by Gasteiger charge is 2.15. The van der Waals surface area contributed by atoms with Crippen LogP contribution in [0, 0.1) is 13.8 Å². The van der Waals surface area contributed by atoms with Gasteiger partial charge in [0.25, 0.3) is 0 Å². The maximum atomic E-state index is 11.2. The molecular weight excluding hydrogens is 416 g/mol. The number of ketones is 1. The second-order valence-electron chi connectivity index (χ2n) is 7.47. The van der Waals surface area contributed by atoms with Crippen molar-refractivity contribution in [3.63, 3.8) is 0 Å². The number of esters is 2. The lowest BCUT2D eigenvalue weighted by molar-refractivity contribution is -0.142. The van der Waals surface area contributed by atoms with E-state index in [2.05, 4.69) is 19.7 Å². The summed E-state index contributed by atoms with van der Waals surface area (Å²) in [6.45, 7) is 13.2. The van der Waals surface area contributed by atoms with Crippen LogP contribution < -0.4 is 0 Å². The van der Waals surface area contributed by atoms with Crippen molar-refractivity contribution >= 4 is 24.0 Å². The van der Waals surface area contributed by atoms with Gasteiger partial charge in [-0.1, -0.05) is 0 Å². The lowest BCUT2D eigenvalue weighted by atomic mass is 10.2. The molecule has 2 rings (SSSR count). The molecule has 2 heterocycles. The molecular formula is C22H34N4O6. The smallest absolute Gasteiger partial charge is 0.341 e. The van der Waals surface area contributed by atoms with Gasteiger partial charge in [0.15, 0.2) is 6.29 Å². The fourth-order valence-electron chi connectivity index (χ4n) is 2.60. The van der Waals surface area contributed by atoms with E-state index in [1.54, 1.807) is 17.1 Å². The molecule has 32 heavy (non-hydrogen) atoms. The van der Waals surface area contributed by atoms with Crippen LogP contribution in [0.4, 0.5) is 0 Å². The molecule has 0 radical (unpaired) electrons. The van der Waals surface area contributed by atoms with Crippen LogP contribution in [-0.4, -0.2) is 57.8 Å². The van der Waals surface area contributed by atoms with Crippen LogP contribution in [0.2, 0.25) is 0 Å². The van der Waals surface area contributed by atoms with Crippen LogP contribution in [0.3, 0.4) is 0 Å². The van der Waals surface area contributed by atoms with Crippen LogP contribution >= 0.6 is 0 Å². The molecule has 0 bridgehead atoms. The molecule has 0 spiro atoms. The number of hydrogen-bond acceptors (Lipinski definition) is 8. The predicted molar refractivity (Wildman–Crippen MR) is 119 cm³/mol. The van der Waals surface area contributed by atoms with Crippen molar-refractivity contribution in [3.8, 4) is 0 Å². The summed E-state index contributed by atoms with van der Waals surface area (Å²) >= 11 is 0. The molecule has 0 saturated carbocycles. The molecule has 0 N–H and O–H groups in total. The summed E-state index contributed by atoms with van der Waals surface area (Å²) < 4.78 is 12.5. The Morgan fingerprint density at radius 1 is 0.938 bits per heavy atom. The van der Waals surface area contributed by atoms with E-state index in [0.717, 1.165) is 17.7 Å². The lowest BCUT2D eigenvalue weighted by Gasteiger charge is -2.07. The third kappa shape index (κ3) is 8.83. The lowest BCUT2D eigenvalue weighted by Crippen LogP contribution is -2.07. The minimum absolute atomic E-state index is 0.115. The van der Waals surface area contributed by atoms with Crippen LogP contribution in [-0.2, 0) is 19.1 Å². The number of nitrogens with zero attached hydrogens (tertiary/aromatic N) is 4. The first-order chi connectivity index (χ1) is 14.9. The number of Topliss-reactive ketones (excluding diaryl/α,β-unsaturated/α-hetero) is 1. The van der Waals surface area contributed by atoms with Crippen molar-refractivity contribution in [3.05, 3.63) is 34.9 Å². The van der Waals surface area contributed by atoms with Crippen LogP contribution in [0.15, 0.2) is 12.4 Å². The van der Waals surface area contributed by atoms with E-state index in [-0.39, 0.29) is 24.2 Å². The maximum absolute atomic E-state index is 11.2. The van der Waals surface area contributed by atoms with E-state index in [9.17, 15) is 19.2 Å². The molecule has 0 unspecified atom stereocenters. The first-order valence-corrected chi connectivity index (χ1v) is 10.1. The second kappa shape index (κ2) is 13.9. The Morgan fingerprint density at radius 2 is 1.44 bits per heavy atom. The van der Waals surface area contributed by atoms with Crippen molar-refractivity contribution in [2.24, 2.45) is 0 Å². The molecule has 0 aliphatic heterocycles. The molecule has 0 aromatic carbocycles. The van der Waals surface area contributed by atoms with Crippen LogP contribution in [0.25, 0.3) is 0 Å². The Morgan fingerprint density at radius 3 is 1.72 bits per heavy atom. The molecule has 0 aliphatic rings. The number of methoxy groups -OCH3 is 2. The quantitative estimate of drug-likeness (QED) is 0.373. The molecule has 0 aliphatic carbocycles. The van der Waals surface area contributed by atoms with Crippen LogP contribution in [0.5, 0.6) is 0 Å².